The first-order valence-corrected chi connectivity index (χ1v) is 12.1. The van der Waals surface area contributed by atoms with Gasteiger partial charge in [0.15, 0.2) is 23.0 Å². The summed E-state index contributed by atoms with van der Waals surface area (Å²) in [4.78, 5) is 28.8. The fraction of sp³-hybridized carbons (Fsp3) is 0.333. The number of ether oxygens (including phenoxy) is 1. The van der Waals surface area contributed by atoms with Crippen molar-refractivity contribution >= 4 is 17.0 Å². The van der Waals surface area contributed by atoms with Crippen LogP contribution in [-0.2, 0) is 12.7 Å². The molecule has 1 fully saturated rings. The summed E-state index contributed by atoms with van der Waals surface area (Å²) in [5.41, 5.74) is 1.28. The molecule has 1 aliphatic carbocycles. The standard InChI is InChI=1S/C27H26F3N9O/c1-14(2)39-11-18(27(28,29)30)36-25(39)17-6-4-15(5-7-17)10-31-23-21-24(34-12-33-21)38-22(37-23)19-20(16-8-9-16)32-13-35-26(19)40-3/h4-7,11-14,16H,8-10H2,1-3H3,(H2,31,33,34,37,38)/i1D3,2D3,14D. The molecule has 0 radical (unpaired) electrons. The van der Waals surface area contributed by atoms with Gasteiger partial charge in [0, 0.05) is 38.5 Å². The van der Waals surface area contributed by atoms with Gasteiger partial charge in [-0.1, -0.05) is 24.3 Å². The number of nitrogens with zero attached hydrogens (tertiary/aromatic N) is 7. The van der Waals surface area contributed by atoms with E-state index in [0.29, 0.717) is 39.8 Å². The van der Waals surface area contributed by atoms with Crippen molar-refractivity contribution in [2.24, 2.45) is 0 Å². The predicted molar refractivity (Wildman–Crippen MR) is 142 cm³/mol. The number of methoxy groups -OCH3 is 1. The van der Waals surface area contributed by atoms with Crippen molar-refractivity contribution in [3.63, 3.8) is 0 Å². The summed E-state index contributed by atoms with van der Waals surface area (Å²) in [6, 6.07) is 2.34. The number of anilines is 1. The SMILES string of the molecule is [2H]C([2H])([2H])C([2H])(n1cc(C(F)(F)F)nc1-c1ccc(CNc2nc(-c3c(OC)ncnc3C3CC3)nc3nc[nH]c23)cc1)C([2H])([2H])[2H]. The fourth-order valence-electron chi connectivity index (χ4n) is 4.33. The molecule has 1 saturated carbocycles. The Kier molecular flexibility index (Phi) is 4.62. The second-order valence-electron chi connectivity index (χ2n) is 9.13. The zero-order valence-electron chi connectivity index (χ0n) is 27.9. The van der Waals surface area contributed by atoms with Crippen molar-refractivity contribution in [3.05, 3.63) is 60.1 Å². The maximum Gasteiger partial charge on any atom is 0.434 e. The number of hydrogen-bond acceptors (Lipinski definition) is 8. The molecule has 0 aliphatic heterocycles. The smallest absolute Gasteiger partial charge is 0.434 e. The lowest BCUT2D eigenvalue weighted by atomic mass is 10.1. The molecule has 206 valence electrons. The van der Waals surface area contributed by atoms with Crippen molar-refractivity contribution in [2.75, 3.05) is 12.4 Å². The van der Waals surface area contributed by atoms with Crippen LogP contribution in [0, 0.1) is 0 Å². The first-order valence-electron chi connectivity index (χ1n) is 15.6. The average Bonchev–Trinajstić information content (AvgIpc) is 3.55. The Morgan fingerprint density at radius 2 is 1.95 bits per heavy atom. The summed E-state index contributed by atoms with van der Waals surface area (Å²) in [5.74, 6) is 0.608. The van der Waals surface area contributed by atoms with Crippen LogP contribution in [0.1, 0.15) is 65.0 Å². The predicted octanol–water partition coefficient (Wildman–Crippen LogP) is 5.77. The Bertz CT molecular complexity index is 1920. The third kappa shape index (κ3) is 4.82. The molecule has 6 rings (SSSR count). The van der Waals surface area contributed by atoms with E-state index in [-0.39, 0.29) is 28.8 Å². The molecule has 1 aliphatic rings. The van der Waals surface area contributed by atoms with Crippen LogP contribution in [0.3, 0.4) is 0 Å². The van der Waals surface area contributed by atoms with Crippen LogP contribution >= 0.6 is 0 Å². The fourth-order valence-corrected chi connectivity index (χ4v) is 4.33. The molecule has 5 aromatic rings. The summed E-state index contributed by atoms with van der Waals surface area (Å²) < 4.78 is 102. The molecule has 4 aromatic heterocycles. The van der Waals surface area contributed by atoms with E-state index in [2.05, 4.69) is 35.2 Å². The number of imidazole rings is 2. The Morgan fingerprint density at radius 1 is 1.15 bits per heavy atom. The summed E-state index contributed by atoms with van der Waals surface area (Å²) in [5, 5.41) is 3.21. The maximum atomic E-state index is 13.7. The Balaban J connectivity index is 1.33. The van der Waals surface area contributed by atoms with Gasteiger partial charge in [-0.3, -0.25) is 0 Å². The molecule has 0 atom stereocenters. The van der Waals surface area contributed by atoms with Crippen LogP contribution in [0.15, 0.2) is 43.1 Å². The molecule has 2 N–H and O–H groups in total. The average molecular weight is 557 g/mol. The Hall–Kier alpha value is -4.55. The van der Waals surface area contributed by atoms with Gasteiger partial charge in [0.25, 0.3) is 0 Å². The third-order valence-corrected chi connectivity index (χ3v) is 6.42. The lowest BCUT2D eigenvalue weighted by Crippen LogP contribution is -2.07. The highest BCUT2D eigenvalue weighted by Gasteiger charge is 2.35. The van der Waals surface area contributed by atoms with Crippen LogP contribution < -0.4 is 10.1 Å². The highest BCUT2D eigenvalue weighted by Crippen LogP contribution is 2.45. The first-order chi connectivity index (χ1) is 22.0. The number of alkyl halides is 3. The number of hydrogen-bond donors (Lipinski definition) is 2. The van der Waals surface area contributed by atoms with Crippen molar-refractivity contribution in [1.82, 2.24) is 39.5 Å². The zero-order valence-corrected chi connectivity index (χ0v) is 20.9. The minimum atomic E-state index is -5.03. The number of benzene rings is 1. The van der Waals surface area contributed by atoms with Crippen LogP contribution in [-0.4, -0.2) is 46.6 Å². The van der Waals surface area contributed by atoms with Gasteiger partial charge >= 0.3 is 6.18 Å². The van der Waals surface area contributed by atoms with Crippen LogP contribution in [0.4, 0.5) is 19.0 Å². The van der Waals surface area contributed by atoms with E-state index < -0.39 is 37.4 Å². The molecule has 0 bridgehead atoms. The molecular formula is C27H26F3N9O. The number of aromatic amines is 1. The molecule has 10 nitrogen and oxygen atoms in total. The largest absolute Gasteiger partial charge is 0.480 e. The van der Waals surface area contributed by atoms with Gasteiger partial charge in [-0.05, 0) is 32.1 Å². The van der Waals surface area contributed by atoms with E-state index in [9.17, 15) is 13.2 Å². The van der Waals surface area contributed by atoms with E-state index in [1.165, 1.54) is 44.0 Å². The van der Waals surface area contributed by atoms with E-state index in [1.807, 2.05) is 0 Å². The normalized spacial score (nSPS) is 17.2. The minimum Gasteiger partial charge on any atom is -0.480 e. The monoisotopic (exact) mass is 556 g/mol. The molecule has 4 heterocycles. The number of aromatic nitrogens is 8. The number of H-pyrrole nitrogens is 1. The highest BCUT2D eigenvalue weighted by molar-refractivity contribution is 5.85. The number of halogens is 3. The third-order valence-electron chi connectivity index (χ3n) is 6.42. The van der Waals surface area contributed by atoms with E-state index in [1.54, 1.807) is 0 Å². The number of rotatable bonds is 8. The van der Waals surface area contributed by atoms with Gasteiger partial charge in [0.05, 0.1) is 20.5 Å². The lowest BCUT2D eigenvalue weighted by Gasteiger charge is -2.13. The van der Waals surface area contributed by atoms with Crippen molar-refractivity contribution < 1.29 is 27.5 Å². The highest BCUT2D eigenvalue weighted by atomic mass is 19.4. The van der Waals surface area contributed by atoms with Gasteiger partial charge in [-0.25, -0.2) is 29.9 Å². The van der Waals surface area contributed by atoms with Gasteiger partial charge in [0.2, 0.25) is 5.88 Å². The second-order valence-corrected chi connectivity index (χ2v) is 9.13. The van der Waals surface area contributed by atoms with Gasteiger partial charge in [-0.2, -0.15) is 13.2 Å². The Morgan fingerprint density at radius 3 is 2.65 bits per heavy atom. The molecular weight excluding hydrogens is 523 g/mol. The van der Waals surface area contributed by atoms with E-state index in [4.69, 9.17) is 19.3 Å². The molecule has 40 heavy (non-hydrogen) atoms. The van der Waals surface area contributed by atoms with E-state index in [0.717, 1.165) is 18.5 Å². The number of fused-ring (bicyclic) bond motifs is 1. The molecule has 0 unspecified atom stereocenters. The first kappa shape index (κ1) is 18.7. The zero-order chi connectivity index (χ0) is 33.9. The van der Waals surface area contributed by atoms with Crippen LogP contribution in [0.5, 0.6) is 5.88 Å². The van der Waals surface area contributed by atoms with Gasteiger partial charge in [-0.15, -0.1) is 0 Å². The van der Waals surface area contributed by atoms with Crippen LogP contribution in [0.2, 0.25) is 0 Å². The molecule has 0 saturated heterocycles. The van der Waals surface area contributed by atoms with Gasteiger partial charge < -0.3 is 19.6 Å². The van der Waals surface area contributed by atoms with Crippen molar-refractivity contribution in [1.29, 1.82) is 0 Å². The van der Waals surface area contributed by atoms with Crippen molar-refractivity contribution in [2.45, 2.75) is 51.2 Å². The topological polar surface area (TPSA) is 119 Å². The van der Waals surface area contributed by atoms with E-state index >= 15 is 0 Å². The molecule has 0 spiro atoms. The summed E-state index contributed by atoms with van der Waals surface area (Å²) >= 11 is 0. The summed E-state index contributed by atoms with van der Waals surface area (Å²) in [7, 11) is 1.49. The number of nitrogens with one attached hydrogen (secondary N) is 2. The summed E-state index contributed by atoms with van der Waals surface area (Å²) in [6.07, 6.45) is 0.0420. The van der Waals surface area contributed by atoms with Crippen molar-refractivity contribution in [3.8, 4) is 28.7 Å². The quantitative estimate of drug-likeness (QED) is 0.247. The lowest BCUT2D eigenvalue weighted by molar-refractivity contribution is -0.140. The summed E-state index contributed by atoms with van der Waals surface area (Å²) in [6.45, 7) is -6.91. The second kappa shape index (κ2) is 9.88. The molecule has 13 heteroatoms. The molecule has 1 aromatic carbocycles. The Labute approximate surface area is 237 Å². The maximum absolute atomic E-state index is 13.7. The minimum absolute atomic E-state index is 0.0292. The van der Waals surface area contributed by atoms with Gasteiger partial charge in [0.1, 0.15) is 23.2 Å². The van der Waals surface area contributed by atoms with Crippen LogP contribution in [0.25, 0.3) is 33.9 Å². The molecule has 0 amide bonds.